The third-order valence-corrected chi connectivity index (χ3v) is 4.43. The summed E-state index contributed by atoms with van der Waals surface area (Å²) in [6.07, 6.45) is 4.95. The summed E-state index contributed by atoms with van der Waals surface area (Å²) in [4.78, 5) is 12.6. The molecular weight excluding hydrogens is 306 g/mol. The number of carbonyl (C=O) groups excluding carboxylic acids is 1. The van der Waals surface area contributed by atoms with Crippen LogP contribution in [0.4, 0.5) is 0 Å². The molecule has 1 aromatic heterocycles. The average Bonchev–Trinajstić information content (AvgIpc) is 3.20. The van der Waals surface area contributed by atoms with Crippen LogP contribution < -0.4 is 5.32 Å². The first kappa shape index (κ1) is 16.7. The molecule has 6 heteroatoms. The molecule has 0 aliphatic heterocycles. The quantitative estimate of drug-likeness (QED) is 0.748. The molecular formula is C18H23N3O3. The fraction of sp³-hybridized carbons (Fsp3) is 0.444. The molecule has 1 aromatic carbocycles. The summed E-state index contributed by atoms with van der Waals surface area (Å²) < 4.78 is 1.69. The van der Waals surface area contributed by atoms with Gasteiger partial charge in [-0.25, -0.2) is 4.68 Å². The van der Waals surface area contributed by atoms with Crippen molar-refractivity contribution in [2.45, 2.75) is 44.2 Å². The number of nitrogens with zero attached hydrogens (tertiary/aromatic N) is 2. The van der Waals surface area contributed by atoms with Gasteiger partial charge >= 0.3 is 0 Å². The summed E-state index contributed by atoms with van der Waals surface area (Å²) in [6, 6.07) is 9.40. The predicted molar refractivity (Wildman–Crippen MR) is 90.1 cm³/mol. The van der Waals surface area contributed by atoms with Crippen LogP contribution in [0.1, 0.15) is 41.7 Å². The summed E-state index contributed by atoms with van der Waals surface area (Å²) >= 11 is 0. The van der Waals surface area contributed by atoms with Gasteiger partial charge in [0, 0.05) is 18.4 Å². The summed E-state index contributed by atoms with van der Waals surface area (Å²) in [5.41, 5.74) is 2.05. The zero-order valence-corrected chi connectivity index (χ0v) is 13.6. The molecule has 1 fully saturated rings. The fourth-order valence-corrected chi connectivity index (χ4v) is 3.11. The Labute approximate surface area is 141 Å². The molecule has 24 heavy (non-hydrogen) atoms. The lowest BCUT2D eigenvalue weighted by atomic mass is 10.1. The van der Waals surface area contributed by atoms with Gasteiger partial charge < -0.3 is 15.5 Å². The molecule has 1 saturated carbocycles. The fourth-order valence-electron chi connectivity index (χ4n) is 3.11. The summed E-state index contributed by atoms with van der Waals surface area (Å²) in [5, 5.41) is 26.3. The highest BCUT2D eigenvalue weighted by Crippen LogP contribution is 2.20. The van der Waals surface area contributed by atoms with Gasteiger partial charge in [-0.1, -0.05) is 18.2 Å². The molecule has 0 bridgehead atoms. The molecule has 1 amide bonds. The Hall–Kier alpha value is -2.18. The van der Waals surface area contributed by atoms with E-state index in [1.54, 1.807) is 4.68 Å². The van der Waals surface area contributed by atoms with Gasteiger partial charge in [0.1, 0.15) is 0 Å². The Morgan fingerprint density at radius 2 is 2.08 bits per heavy atom. The number of aromatic nitrogens is 2. The van der Waals surface area contributed by atoms with E-state index in [-0.39, 0.29) is 18.6 Å². The Morgan fingerprint density at radius 3 is 2.75 bits per heavy atom. The largest absolute Gasteiger partial charge is 0.396 e. The van der Waals surface area contributed by atoms with Crippen molar-refractivity contribution in [1.29, 1.82) is 0 Å². The van der Waals surface area contributed by atoms with E-state index < -0.39 is 6.10 Å². The number of para-hydroxylation sites is 1. The minimum atomic E-state index is -0.481. The molecule has 1 aliphatic carbocycles. The summed E-state index contributed by atoms with van der Waals surface area (Å²) in [6.45, 7) is 0.0684. The molecule has 0 radical (unpaired) electrons. The van der Waals surface area contributed by atoms with E-state index >= 15 is 0 Å². The number of rotatable bonds is 6. The van der Waals surface area contributed by atoms with Gasteiger partial charge in [0.15, 0.2) is 5.69 Å². The predicted octanol–water partition coefficient (Wildman–Crippen LogP) is 1.44. The van der Waals surface area contributed by atoms with Crippen molar-refractivity contribution >= 4 is 5.91 Å². The first-order chi connectivity index (χ1) is 11.7. The zero-order valence-electron chi connectivity index (χ0n) is 13.6. The first-order valence-electron chi connectivity index (χ1n) is 8.43. The van der Waals surface area contributed by atoms with Gasteiger partial charge in [0.05, 0.1) is 17.8 Å². The third kappa shape index (κ3) is 3.66. The van der Waals surface area contributed by atoms with E-state index in [1.165, 1.54) is 0 Å². The summed E-state index contributed by atoms with van der Waals surface area (Å²) in [7, 11) is 0. The molecule has 0 unspecified atom stereocenters. The van der Waals surface area contributed by atoms with Crippen molar-refractivity contribution in [3.8, 4) is 5.69 Å². The van der Waals surface area contributed by atoms with Gasteiger partial charge in [-0.05, 0) is 44.2 Å². The normalized spacial score (nSPS) is 20.2. The number of hydrogen-bond donors (Lipinski definition) is 3. The van der Waals surface area contributed by atoms with Gasteiger partial charge in [0.2, 0.25) is 0 Å². The molecule has 128 valence electrons. The van der Waals surface area contributed by atoms with Crippen LogP contribution in [0.2, 0.25) is 0 Å². The molecule has 0 spiro atoms. The van der Waals surface area contributed by atoms with Crippen molar-refractivity contribution in [2.24, 2.45) is 0 Å². The lowest BCUT2D eigenvalue weighted by molar-refractivity contribution is 0.0867. The van der Waals surface area contributed by atoms with E-state index in [0.29, 0.717) is 18.5 Å². The highest BCUT2D eigenvalue weighted by molar-refractivity contribution is 5.94. The van der Waals surface area contributed by atoms with Crippen LogP contribution in [0, 0.1) is 0 Å². The number of benzene rings is 1. The zero-order chi connectivity index (χ0) is 16.9. The Morgan fingerprint density at radius 1 is 1.29 bits per heavy atom. The lowest BCUT2D eigenvalue weighted by Crippen LogP contribution is -2.40. The molecule has 0 saturated heterocycles. The van der Waals surface area contributed by atoms with E-state index in [4.69, 9.17) is 5.11 Å². The van der Waals surface area contributed by atoms with Gasteiger partial charge in [-0.2, -0.15) is 5.10 Å². The second-order valence-electron chi connectivity index (χ2n) is 6.19. The second-order valence-corrected chi connectivity index (χ2v) is 6.19. The summed E-state index contributed by atoms with van der Waals surface area (Å²) in [5.74, 6) is -0.261. The van der Waals surface area contributed by atoms with Gasteiger partial charge in [-0.3, -0.25) is 4.79 Å². The SMILES string of the molecule is O=C(N[C@H]1CCC[C@H]1O)c1nn(-c2ccccc2)cc1CCCO. The minimum absolute atomic E-state index is 0.0684. The molecule has 1 heterocycles. The maximum atomic E-state index is 12.6. The second kappa shape index (κ2) is 7.59. The van der Waals surface area contributed by atoms with Crippen molar-refractivity contribution < 1.29 is 15.0 Å². The molecule has 6 nitrogen and oxygen atoms in total. The number of hydrogen-bond acceptors (Lipinski definition) is 4. The first-order valence-corrected chi connectivity index (χ1v) is 8.43. The van der Waals surface area contributed by atoms with Crippen molar-refractivity contribution in [3.63, 3.8) is 0 Å². The number of nitrogens with one attached hydrogen (secondary N) is 1. The highest BCUT2D eigenvalue weighted by atomic mass is 16.3. The monoisotopic (exact) mass is 329 g/mol. The number of amides is 1. The van der Waals surface area contributed by atoms with E-state index in [0.717, 1.165) is 30.5 Å². The van der Waals surface area contributed by atoms with E-state index in [9.17, 15) is 9.90 Å². The number of aliphatic hydroxyl groups excluding tert-OH is 2. The Bertz CT molecular complexity index is 684. The topological polar surface area (TPSA) is 87.4 Å². The number of carbonyl (C=O) groups is 1. The Balaban J connectivity index is 1.84. The number of aryl methyl sites for hydroxylation is 1. The Kier molecular flexibility index (Phi) is 5.27. The van der Waals surface area contributed by atoms with E-state index in [2.05, 4.69) is 10.4 Å². The van der Waals surface area contributed by atoms with Crippen molar-refractivity contribution in [2.75, 3.05) is 6.61 Å². The standard InChI is InChI=1S/C18H23N3O3/c22-11-5-6-13-12-21(14-7-2-1-3-8-14)20-17(13)18(24)19-15-9-4-10-16(15)23/h1-3,7-8,12,15-16,22-23H,4-6,9-11H2,(H,19,24)/t15-,16+/m0/s1. The average molecular weight is 329 g/mol. The highest BCUT2D eigenvalue weighted by Gasteiger charge is 2.28. The maximum absolute atomic E-state index is 12.6. The van der Waals surface area contributed by atoms with Crippen LogP contribution in [-0.2, 0) is 6.42 Å². The molecule has 3 rings (SSSR count). The van der Waals surface area contributed by atoms with Crippen LogP contribution in [0.5, 0.6) is 0 Å². The lowest BCUT2D eigenvalue weighted by Gasteiger charge is -2.15. The molecule has 2 aromatic rings. The molecule has 1 aliphatic rings. The van der Waals surface area contributed by atoms with Crippen LogP contribution >= 0.6 is 0 Å². The van der Waals surface area contributed by atoms with Crippen molar-refractivity contribution in [3.05, 3.63) is 47.8 Å². The maximum Gasteiger partial charge on any atom is 0.272 e. The van der Waals surface area contributed by atoms with Crippen LogP contribution in [0.15, 0.2) is 36.5 Å². The van der Waals surface area contributed by atoms with Crippen LogP contribution in [-0.4, -0.2) is 44.7 Å². The third-order valence-electron chi connectivity index (χ3n) is 4.43. The smallest absolute Gasteiger partial charge is 0.272 e. The van der Waals surface area contributed by atoms with Crippen molar-refractivity contribution in [1.82, 2.24) is 15.1 Å². The van der Waals surface area contributed by atoms with Gasteiger partial charge in [-0.15, -0.1) is 0 Å². The number of aliphatic hydroxyl groups is 2. The van der Waals surface area contributed by atoms with E-state index in [1.807, 2.05) is 36.5 Å². The van der Waals surface area contributed by atoms with Crippen LogP contribution in [0.3, 0.4) is 0 Å². The minimum Gasteiger partial charge on any atom is -0.396 e. The van der Waals surface area contributed by atoms with Crippen LogP contribution in [0.25, 0.3) is 5.69 Å². The van der Waals surface area contributed by atoms with Gasteiger partial charge in [0.25, 0.3) is 5.91 Å². The molecule has 3 N–H and O–H groups in total. The molecule has 2 atom stereocenters.